The minimum Gasteiger partial charge on any atom is -0.455 e. The predicted molar refractivity (Wildman–Crippen MR) is 69.4 cm³/mol. The van der Waals surface area contributed by atoms with Crippen LogP contribution in [0.1, 0.15) is 17.5 Å². The van der Waals surface area contributed by atoms with Crippen LogP contribution in [0.5, 0.6) is 11.5 Å². The minimum atomic E-state index is -0.450. The van der Waals surface area contributed by atoms with E-state index in [1.165, 1.54) is 23.6 Å². The Morgan fingerprint density at radius 1 is 1.06 bits per heavy atom. The van der Waals surface area contributed by atoms with Gasteiger partial charge in [0.1, 0.15) is 17.3 Å². The number of ether oxygens (including phenoxy) is 1. The second kappa shape index (κ2) is 4.33. The molecule has 18 heavy (non-hydrogen) atoms. The Labute approximate surface area is 105 Å². The molecule has 2 aromatic carbocycles. The summed E-state index contributed by atoms with van der Waals surface area (Å²) in [6, 6.07) is 10.6. The molecule has 0 atom stereocenters. The summed E-state index contributed by atoms with van der Waals surface area (Å²) in [5.74, 6) is 0.634. The first-order chi connectivity index (χ1) is 8.74. The van der Waals surface area contributed by atoms with Gasteiger partial charge in [-0.1, -0.05) is 12.1 Å². The quantitative estimate of drug-likeness (QED) is 0.816. The highest BCUT2D eigenvalue weighted by atomic mass is 19.1. The molecule has 2 N–H and O–H groups in total. The van der Waals surface area contributed by atoms with Crippen LogP contribution in [0, 0.1) is 5.82 Å². The Balaban J connectivity index is 1.90. The zero-order valence-electron chi connectivity index (χ0n) is 9.95. The molecule has 0 amide bonds. The number of benzene rings is 2. The maximum absolute atomic E-state index is 13.3. The van der Waals surface area contributed by atoms with Crippen LogP contribution >= 0.6 is 0 Å². The van der Waals surface area contributed by atoms with E-state index in [0.29, 0.717) is 11.5 Å². The molecular formula is C15H14FNO. The zero-order valence-corrected chi connectivity index (χ0v) is 9.95. The fourth-order valence-electron chi connectivity index (χ4n) is 2.34. The van der Waals surface area contributed by atoms with Gasteiger partial charge in [-0.25, -0.2) is 4.39 Å². The summed E-state index contributed by atoms with van der Waals surface area (Å²) in [6.45, 7) is 0. The summed E-state index contributed by atoms with van der Waals surface area (Å²) in [7, 11) is 0. The van der Waals surface area contributed by atoms with Gasteiger partial charge in [0.05, 0.1) is 0 Å². The van der Waals surface area contributed by atoms with Crippen LogP contribution in [0.25, 0.3) is 0 Å². The lowest BCUT2D eigenvalue weighted by Gasteiger charge is -2.10. The maximum atomic E-state index is 13.3. The Morgan fingerprint density at radius 3 is 2.78 bits per heavy atom. The van der Waals surface area contributed by atoms with E-state index in [4.69, 9.17) is 10.5 Å². The molecule has 3 heteroatoms. The van der Waals surface area contributed by atoms with E-state index in [1.54, 1.807) is 12.1 Å². The van der Waals surface area contributed by atoms with Crippen molar-refractivity contribution in [1.29, 1.82) is 0 Å². The van der Waals surface area contributed by atoms with E-state index in [0.717, 1.165) is 12.8 Å². The van der Waals surface area contributed by atoms with Gasteiger partial charge in [-0.3, -0.25) is 0 Å². The number of hydrogen-bond donors (Lipinski definition) is 1. The molecule has 0 aromatic heterocycles. The molecule has 0 bridgehead atoms. The number of nitrogen functional groups attached to an aromatic ring is 1. The summed E-state index contributed by atoms with van der Waals surface area (Å²) in [4.78, 5) is 0. The first kappa shape index (κ1) is 11.1. The highest BCUT2D eigenvalue weighted by molar-refractivity contribution is 5.55. The van der Waals surface area contributed by atoms with Crippen molar-refractivity contribution < 1.29 is 9.13 Å². The Hall–Kier alpha value is -2.03. The SMILES string of the molecule is Nc1c(F)cccc1Oc1ccc2c(c1)CCC2. The molecule has 3 rings (SSSR count). The van der Waals surface area contributed by atoms with Gasteiger partial charge in [0.15, 0.2) is 5.75 Å². The average Bonchev–Trinajstić information content (AvgIpc) is 2.82. The van der Waals surface area contributed by atoms with Crippen molar-refractivity contribution in [3.05, 3.63) is 53.3 Å². The summed E-state index contributed by atoms with van der Waals surface area (Å²) in [5, 5.41) is 0. The standard InChI is InChI=1S/C15H14FNO/c16-13-5-2-6-14(15(13)17)18-12-8-7-10-3-1-4-11(10)9-12/h2,5-9H,1,3-4,17H2. The van der Waals surface area contributed by atoms with Gasteiger partial charge in [-0.05, 0) is 54.7 Å². The summed E-state index contributed by atoms with van der Waals surface area (Å²) < 4.78 is 18.9. The van der Waals surface area contributed by atoms with Crippen LogP contribution in [0.3, 0.4) is 0 Å². The lowest BCUT2D eigenvalue weighted by molar-refractivity contribution is 0.479. The smallest absolute Gasteiger partial charge is 0.153 e. The summed E-state index contributed by atoms with van der Waals surface area (Å²) >= 11 is 0. The predicted octanol–water partition coefficient (Wildman–Crippen LogP) is 3.69. The number of aryl methyl sites for hydroxylation is 2. The first-order valence-electron chi connectivity index (χ1n) is 6.08. The number of anilines is 1. The molecule has 0 heterocycles. The molecule has 2 nitrogen and oxygen atoms in total. The summed E-state index contributed by atoms with van der Waals surface area (Å²) in [5.41, 5.74) is 8.40. The van der Waals surface area contributed by atoms with E-state index >= 15 is 0 Å². The van der Waals surface area contributed by atoms with E-state index < -0.39 is 5.82 Å². The van der Waals surface area contributed by atoms with E-state index in [9.17, 15) is 4.39 Å². The molecule has 0 fully saturated rings. The zero-order chi connectivity index (χ0) is 12.5. The van der Waals surface area contributed by atoms with Crippen molar-refractivity contribution in [2.45, 2.75) is 19.3 Å². The first-order valence-corrected chi connectivity index (χ1v) is 6.08. The van der Waals surface area contributed by atoms with Crippen LogP contribution in [-0.2, 0) is 12.8 Å². The molecule has 1 aliphatic rings. The molecule has 0 saturated carbocycles. The molecule has 0 saturated heterocycles. The fraction of sp³-hybridized carbons (Fsp3) is 0.200. The van der Waals surface area contributed by atoms with Gasteiger partial charge in [0, 0.05) is 0 Å². The number of para-hydroxylation sites is 1. The largest absolute Gasteiger partial charge is 0.455 e. The van der Waals surface area contributed by atoms with Gasteiger partial charge in [0.2, 0.25) is 0 Å². The molecule has 0 spiro atoms. The van der Waals surface area contributed by atoms with Crippen LogP contribution in [0.15, 0.2) is 36.4 Å². The number of hydrogen-bond acceptors (Lipinski definition) is 2. The molecule has 2 aromatic rings. The monoisotopic (exact) mass is 243 g/mol. The number of rotatable bonds is 2. The number of nitrogens with two attached hydrogens (primary N) is 1. The van der Waals surface area contributed by atoms with Crippen LogP contribution in [-0.4, -0.2) is 0 Å². The van der Waals surface area contributed by atoms with Crippen LogP contribution < -0.4 is 10.5 Å². The van der Waals surface area contributed by atoms with Crippen LogP contribution in [0.2, 0.25) is 0 Å². The lowest BCUT2D eigenvalue weighted by atomic mass is 10.1. The Kier molecular flexibility index (Phi) is 2.67. The van der Waals surface area contributed by atoms with Crippen LogP contribution in [0.4, 0.5) is 10.1 Å². The average molecular weight is 243 g/mol. The van der Waals surface area contributed by atoms with Gasteiger partial charge < -0.3 is 10.5 Å². The van der Waals surface area contributed by atoms with Crippen molar-refractivity contribution in [1.82, 2.24) is 0 Å². The Bertz CT molecular complexity index is 595. The lowest BCUT2D eigenvalue weighted by Crippen LogP contribution is -1.95. The third-order valence-corrected chi connectivity index (χ3v) is 3.31. The highest BCUT2D eigenvalue weighted by Crippen LogP contribution is 2.32. The Morgan fingerprint density at radius 2 is 1.89 bits per heavy atom. The third-order valence-electron chi connectivity index (χ3n) is 3.31. The van der Waals surface area contributed by atoms with Crippen molar-refractivity contribution in [3.8, 4) is 11.5 Å². The normalized spacial score (nSPS) is 13.4. The number of fused-ring (bicyclic) bond motifs is 1. The fourth-order valence-corrected chi connectivity index (χ4v) is 2.34. The van der Waals surface area contributed by atoms with E-state index in [2.05, 4.69) is 6.07 Å². The summed E-state index contributed by atoms with van der Waals surface area (Å²) in [6.07, 6.45) is 3.42. The maximum Gasteiger partial charge on any atom is 0.153 e. The topological polar surface area (TPSA) is 35.2 Å². The van der Waals surface area contributed by atoms with Crippen molar-refractivity contribution in [2.75, 3.05) is 5.73 Å². The molecule has 0 aliphatic heterocycles. The molecular weight excluding hydrogens is 229 g/mol. The van der Waals surface area contributed by atoms with Crippen molar-refractivity contribution in [2.24, 2.45) is 0 Å². The van der Waals surface area contributed by atoms with Gasteiger partial charge >= 0.3 is 0 Å². The van der Waals surface area contributed by atoms with Crippen molar-refractivity contribution >= 4 is 5.69 Å². The minimum absolute atomic E-state index is 0.0537. The number of halogens is 1. The van der Waals surface area contributed by atoms with E-state index in [1.807, 2.05) is 12.1 Å². The second-order valence-corrected chi connectivity index (χ2v) is 4.54. The third kappa shape index (κ3) is 1.92. The van der Waals surface area contributed by atoms with E-state index in [-0.39, 0.29) is 5.69 Å². The molecule has 92 valence electrons. The molecule has 0 radical (unpaired) electrons. The van der Waals surface area contributed by atoms with Gasteiger partial charge in [-0.15, -0.1) is 0 Å². The molecule has 0 unspecified atom stereocenters. The van der Waals surface area contributed by atoms with Gasteiger partial charge in [-0.2, -0.15) is 0 Å². The van der Waals surface area contributed by atoms with Gasteiger partial charge in [0.25, 0.3) is 0 Å². The molecule has 1 aliphatic carbocycles. The highest BCUT2D eigenvalue weighted by Gasteiger charge is 2.12. The second-order valence-electron chi connectivity index (χ2n) is 4.54. The van der Waals surface area contributed by atoms with Crippen molar-refractivity contribution in [3.63, 3.8) is 0 Å².